The average Bonchev–Trinajstić information content (AvgIpc) is 3.21. The first kappa shape index (κ1) is 18.4. The molecule has 1 heterocycles. The predicted octanol–water partition coefficient (Wildman–Crippen LogP) is 3.14. The highest BCUT2D eigenvalue weighted by Gasteiger charge is 2.23. The van der Waals surface area contributed by atoms with Gasteiger partial charge in [-0.2, -0.15) is 5.10 Å². The third-order valence-corrected chi connectivity index (χ3v) is 4.20. The first-order chi connectivity index (χ1) is 13.0. The number of ether oxygens (including phenoxy) is 1. The lowest BCUT2D eigenvalue weighted by molar-refractivity contribution is -0.126. The monoisotopic (exact) mass is 363 g/mol. The molecule has 0 aliphatic carbocycles. The molecule has 1 unspecified atom stereocenters. The fourth-order valence-electron chi connectivity index (χ4n) is 2.66. The second kappa shape index (κ2) is 8.31. The zero-order chi connectivity index (χ0) is 19.2. The van der Waals surface area contributed by atoms with Crippen molar-refractivity contribution in [2.24, 2.45) is 0 Å². The Morgan fingerprint density at radius 2 is 1.78 bits per heavy atom. The Morgan fingerprint density at radius 1 is 1.07 bits per heavy atom. The predicted molar refractivity (Wildman–Crippen MR) is 103 cm³/mol. The van der Waals surface area contributed by atoms with Gasteiger partial charge in [0.05, 0.1) is 12.1 Å². The van der Waals surface area contributed by atoms with Gasteiger partial charge in [-0.05, 0) is 42.8 Å². The summed E-state index contributed by atoms with van der Waals surface area (Å²) in [5.41, 5.74) is 2.16. The molecule has 6 nitrogen and oxygen atoms in total. The lowest BCUT2D eigenvalue weighted by atomic mass is 10.1. The Bertz CT molecular complexity index is 890. The van der Waals surface area contributed by atoms with Crippen LogP contribution in [-0.2, 0) is 16.1 Å². The van der Waals surface area contributed by atoms with Crippen LogP contribution >= 0.6 is 0 Å². The number of carbonyl (C=O) groups excluding carboxylic acids is 2. The SMILES string of the molecule is CC(OC(=O)c1ccc(Cn2cccn2)cc1)C(=O)N(C)c1ccccc1. The molecular weight excluding hydrogens is 342 g/mol. The van der Waals surface area contributed by atoms with Crippen LogP contribution in [0.4, 0.5) is 5.69 Å². The van der Waals surface area contributed by atoms with E-state index in [1.165, 1.54) is 4.90 Å². The molecule has 2 aromatic carbocycles. The van der Waals surface area contributed by atoms with Gasteiger partial charge >= 0.3 is 5.97 Å². The molecule has 1 amide bonds. The van der Waals surface area contributed by atoms with Crippen molar-refractivity contribution in [1.29, 1.82) is 0 Å². The third kappa shape index (κ3) is 4.61. The number of aromatic nitrogens is 2. The Hall–Kier alpha value is -3.41. The van der Waals surface area contributed by atoms with Crippen LogP contribution in [0.5, 0.6) is 0 Å². The zero-order valence-electron chi connectivity index (χ0n) is 15.3. The van der Waals surface area contributed by atoms with Crippen LogP contribution in [0, 0.1) is 0 Å². The second-order valence-electron chi connectivity index (χ2n) is 6.18. The van der Waals surface area contributed by atoms with Crippen LogP contribution in [0.25, 0.3) is 0 Å². The quantitative estimate of drug-likeness (QED) is 0.631. The molecule has 0 spiro atoms. The lowest BCUT2D eigenvalue weighted by Gasteiger charge is -2.21. The number of hydrogen-bond donors (Lipinski definition) is 0. The zero-order valence-corrected chi connectivity index (χ0v) is 15.3. The Kier molecular flexibility index (Phi) is 5.66. The Balaban J connectivity index is 1.60. The molecular formula is C21H21N3O3. The van der Waals surface area contributed by atoms with Crippen molar-refractivity contribution in [3.63, 3.8) is 0 Å². The fourth-order valence-corrected chi connectivity index (χ4v) is 2.66. The van der Waals surface area contributed by atoms with E-state index >= 15 is 0 Å². The number of para-hydroxylation sites is 1. The summed E-state index contributed by atoms with van der Waals surface area (Å²) >= 11 is 0. The molecule has 27 heavy (non-hydrogen) atoms. The number of anilines is 1. The normalized spacial score (nSPS) is 11.6. The summed E-state index contributed by atoms with van der Waals surface area (Å²) in [7, 11) is 1.66. The van der Waals surface area contributed by atoms with Crippen molar-refractivity contribution < 1.29 is 14.3 Å². The highest BCUT2D eigenvalue weighted by molar-refractivity contribution is 5.98. The minimum atomic E-state index is -0.883. The molecule has 1 aromatic heterocycles. The second-order valence-corrected chi connectivity index (χ2v) is 6.18. The maximum absolute atomic E-state index is 12.5. The Morgan fingerprint density at radius 3 is 2.41 bits per heavy atom. The molecule has 0 N–H and O–H groups in total. The molecule has 0 bridgehead atoms. The van der Waals surface area contributed by atoms with Crippen molar-refractivity contribution in [2.45, 2.75) is 19.6 Å². The topological polar surface area (TPSA) is 64.4 Å². The van der Waals surface area contributed by atoms with E-state index in [-0.39, 0.29) is 5.91 Å². The van der Waals surface area contributed by atoms with Crippen LogP contribution in [0.1, 0.15) is 22.8 Å². The largest absolute Gasteiger partial charge is 0.449 e. The van der Waals surface area contributed by atoms with Gasteiger partial charge in [0.15, 0.2) is 6.10 Å². The van der Waals surface area contributed by atoms with Crippen molar-refractivity contribution in [1.82, 2.24) is 9.78 Å². The van der Waals surface area contributed by atoms with Gasteiger partial charge in [0, 0.05) is 25.1 Å². The molecule has 1 atom stereocenters. The van der Waals surface area contributed by atoms with Crippen LogP contribution in [0.3, 0.4) is 0 Å². The minimum Gasteiger partial charge on any atom is -0.449 e. The van der Waals surface area contributed by atoms with Gasteiger partial charge in [-0.1, -0.05) is 30.3 Å². The van der Waals surface area contributed by atoms with Crippen LogP contribution in [0.2, 0.25) is 0 Å². The van der Waals surface area contributed by atoms with Crippen LogP contribution < -0.4 is 4.90 Å². The van der Waals surface area contributed by atoms with Crippen LogP contribution in [-0.4, -0.2) is 34.8 Å². The average molecular weight is 363 g/mol. The maximum Gasteiger partial charge on any atom is 0.338 e. The highest BCUT2D eigenvalue weighted by Crippen LogP contribution is 2.14. The molecule has 3 rings (SSSR count). The molecule has 0 saturated carbocycles. The summed E-state index contributed by atoms with van der Waals surface area (Å²) in [5.74, 6) is -0.812. The summed E-state index contributed by atoms with van der Waals surface area (Å²) in [5, 5.41) is 4.15. The summed E-state index contributed by atoms with van der Waals surface area (Å²) < 4.78 is 7.14. The minimum absolute atomic E-state index is 0.287. The molecule has 138 valence electrons. The number of carbonyl (C=O) groups is 2. The maximum atomic E-state index is 12.5. The number of benzene rings is 2. The third-order valence-electron chi connectivity index (χ3n) is 4.20. The van der Waals surface area contributed by atoms with Crippen molar-refractivity contribution in [3.05, 3.63) is 84.2 Å². The van der Waals surface area contributed by atoms with E-state index in [0.29, 0.717) is 12.1 Å². The number of rotatable bonds is 6. The molecule has 0 aliphatic rings. The fraction of sp³-hybridized carbons (Fsp3) is 0.190. The van der Waals surface area contributed by atoms with E-state index in [1.54, 1.807) is 37.0 Å². The van der Waals surface area contributed by atoms with Crippen molar-refractivity contribution in [3.8, 4) is 0 Å². The van der Waals surface area contributed by atoms with Gasteiger partial charge in [-0.15, -0.1) is 0 Å². The van der Waals surface area contributed by atoms with E-state index in [0.717, 1.165) is 11.3 Å². The van der Waals surface area contributed by atoms with Gasteiger partial charge in [-0.25, -0.2) is 4.79 Å². The van der Waals surface area contributed by atoms with E-state index in [9.17, 15) is 9.59 Å². The van der Waals surface area contributed by atoms with Gasteiger partial charge in [0.25, 0.3) is 5.91 Å². The summed E-state index contributed by atoms with van der Waals surface area (Å²) in [4.78, 5) is 26.3. The van der Waals surface area contributed by atoms with Crippen LogP contribution in [0.15, 0.2) is 73.1 Å². The molecule has 0 aliphatic heterocycles. The highest BCUT2D eigenvalue weighted by atomic mass is 16.5. The van der Waals surface area contributed by atoms with Gasteiger partial charge in [-0.3, -0.25) is 9.48 Å². The molecule has 0 saturated heterocycles. The van der Waals surface area contributed by atoms with E-state index in [1.807, 2.05) is 54.7 Å². The van der Waals surface area contributed by atoms with E-state index in [4.69, 9.17) is 4.74 Å². The molecule has 0 fully saturated rings. The van der Waals surface area contributed by atoms with Crippen molar-refractivity contribution >= 4 is 17.6 Å². The number of esters is 1. The van der Waals surface area contributed by atoms with E-state index < -0.39 is 12.1 Å². The number of amides is 1. The summed E-state index contributed by atoms with van der Waals surface area (Å²) in [6, 6.07) is 18.2. The lowest BCUT2D eigenvalue weighted by Crippen LogP contribution is -2.37. The summed E-state index contributed by atoms with van der Waals surface area (Å²) in [6.45, 7) is 2.20. The van der Waals surface area contributed by atoms with E-state index in [2.05, 4.69) is 5.10 Å². The smallest absolute Gasteiger partial charge is 0.338 e. The number of nitrogens with zero attached hydrogens (tertiary/aromatic N) is 3. The number of hydrogen-bond acceptors (Lipinski definition) is 4. The first-order valence-electron chi connectivity index (χ1n) is 8.64. The van der Waals surface area contributed by atoms with Gasteiger partial charge < -0.3 is 9.64 Å². The first-order valence-corrected chi connectivity index (χ1v) is 8.64. The summed E-state index contributed by atoms with van der Waals surface area (Å²) in [6.07, 6.45) is 2.71. The molecule has 3 aromatic rings. The Labute approximate surface area is 158 Å². The standard InChI is InChI=1S/C21H21N3O3/c1-16(20(25)23(2)19-7-4-3-5-8-19)27-21(26)18-11-9-17(10-12-18)15-24-14-6-13-22-24/h3-14,16H,15H2,1-2H3. The molecule has 0 radical (unpaired) electrons. The number of likely N-dealkylation sites (N-methyl/N-ethyl adjacent to an activating group) is 1. The van der Waals surface area contributed by atoms with Gasteiger partial charge in [0.2, 0.25) is 0 Å². The van der Waals surface area contributed by atoms with Crippen molar-refractivity contribution in [2.75, 3.05) is 11.9 Å². The van der Waals surface area contributed by atoms with Gasteiger partial charge in [0.1, 0.15) is 0 Å². The molecule has 6 heteroatoms.